The Morgan fingerprint density at radius 2 is 2.18 bits per heavy atom. The van der Waals surface area contributed by atoms with Crippen LogP contribution in [0.4, 0.5) is 10.5 Å². The lowest BCUT2D eigenvalue weighted by Gasteiger charge is -2.44. The molecule has 22 heavy (non-hydrogen) atoms. The highest BCUT2D eigenvalue weighted by atomic mass is 35.5. The highest BCUT2D eigenvalue weighted by Crippen LogP contribution is 2.38. The Bertz CT molecular complexity index is 595. The molecule has 0 bridgehead atoms. The SMILES string of the molecule is CC(C)(C)C1CC(n2ncc([N+](=O)[O-])c2Cl)CCN1C(=O)O. The topological polar surface area (TPSA) is 101 Å². The zero-order valence-corrected chi connectivity index (χ0v) is 13.4. The molecule has 1 amide bonds. The van der Waals surface area contributed by atoms with Crippen molar-refractivity contribution in [3.63, 3.8) is 0 Å². The van der Waals surface area contributed by atoms with Gasteiger partial charge in [0, 0.05) is 12.6 Å². The van der Waals surface area contributed by atoms with Crippen LogP contribution in [0.2, 0.25) is 5.15 Å². The first-order valence-corrected chi connectivity index (χ1v) is 7.37. The van der Waals surface area contributed by atoms with E-state index in [2.05, 4.69) is 5.10 Å². The molecular weight excluding hydrogens is 312 g/mol. The van der Waals surface area contributed by atoms with Crippen LogP contribution in [0.3, 0.4) is 0 Å². The number of nitrogens with zero attached hydrogens (tertiary/aromatic N) is 4. The zero-order valence-electron chi connectivity index (χ0n) is 12.7. The lowest BCUT2D eigenvalue weighted by molar-refractivity contribution is -0.384. The highest BCUT2D eigenvalue weighted by Gasteiger charge is 2.40. The molecule has 2 unspecified atom stereocenters. The lowest BCUT2D eigenvalue weighted by Crippen LogP contribution is -2.51. The van der Waals surface area contributed by atoms with Crippen molar-refractivity contribution >= 4 is 23.4 Å². The molecule has 2 heterocycles. The number of likely N-dealkylation sites (tertiary alicyclic amines) is 1. The first-order chi connectivity index (χ1) is 10.1. The fourth-order valence-electron chi connectivity index (χ4n) is 2.93. The minimum atomic E-state index is -0.948. The van der Waals surface area contributed by atoms with Crippen LogP contribution in [0.15, 0.2) is 6.20 Å². The van der Waals surface area contributed by atoms with Gasteiger partial charge in [0.05, 0.1) is 11.0 Å². The molecule has 0 aromatic carbocycles. The summed E-state index contributed by atoms with van der Waals surface area (Å²) in [6, 6.07) is -0.357. The Morgan fingerprint density at radius 1 is 1.55 bits per heavy atom. The molecule has 1 N–H and O–H groups in total. The van der Waals surface area contributed by atoms with Gasteiger partial charge in [-0.1, -0.05) is 32.4 Å². The van der Waals surface area contributed by atoms with Crippen molar-refractivity contribution in [1.29, 1.82) is 0 Å². The molecule has 1 aromatic heterocycles. The number of hydrogen-bond donors (Lipinski definition) is 1. The molecule has 0 aliphatic carbocycles. The Kier molecular flexibility index (Phi) is 4.32. The number of carboxylic acid groups (broad SMARTS) is 1. The summed E-state index contributed by atoms with van der Waals surface area (Å²) in [6.07, 6.45) is 1.24. The van der Waals surface area contributed by atoms with Gasteiger partial charge in [-0.3, -0.25) is 10.1 Å². The first kappa shape index (κ1) is 16.5. The van der Waals surface area contributed by atoms with Crippen molar-refractivity contribution in [1.82, 2.24) is 14.7 Å². The minimum absolute atomic E-state index is 0.00793. The summed E-state index contributed by atoms with van der Waals surface area (Å²) in [5.41, 5.74) is -0.475. The van der Waals surface area contributed by atoms with Gasteiger partial charge in [0.15, 0.2) is 0 Å². The molecule has 2 rings (SSSR count). The number of piperidine rings is 1. The van der Waals surface area contributed by atoms with Gasteiger partial charge < -0.3 is 10.0 Å². The molecule has 2 atom stereocenters. The summed E-state index contributed by atoms with van der Waals surface area (Å²) in [5, 5.41) is 24.2. The summed E-state index contributed by atoms with van der Waals surface area (Å²) in [6.45, 7) is 6.28. The van der Waals surface area contributed by atoms with E-state index in [1.54, 1.807) is 0 Å². The third kappa shape index (κ3) is 3.01. The van der Waals surface area contributed by atoms with E-state index in [0.717, 1.165) is 6.20 Å². The largest absolute Gasteiger partial charge is 0.465 e. The molecule has 1 saturated heterocycles. The van der Waals surface area contributed by atoms with Crippen molar-refractivity contribution in [2.75, 3.05) is 6.54 Å². The Balaban J connectivity index is 2.28. The molecule has 0 saturated carbocycles. The summed E-state index contributed by atoms with van der Waals surface area (Å²) in [5.74, 6) is 0. The molecule has 8 nitrogen and oxygen atoms in total. The fraction of sp³-hybridized carbons (Fsp3) is 0.692. The van der Waals surface area contributed by atoms with E-state index in [-0.39, 0.29) is 28.3 Å². The quantitative estimate of drug-likeness (QED) is 0.662. The van der Waals surface area contributed by atoms with Gasteiger partial charge in [-0.05, 0) is 18.3 Å². The normalized spacial score (nSPS) is 22.6. The fourth-order valence-corrected chi connectivity index (χ4v) is 3.23. The maximum Gasteiger partial charge on any atom is 0.407 e. The smallest absolute Gasteiger partial charge is 0.407 e. The van der Waals surface area contributed by atoms with Crippen LogP contribution in [-0.2, 0) is 0 Å². The number of nitro groups is 1. The third-order valence-corrected chi connectivity index (χ3v) is 4.45. The average molecular weight is 331 g/mol. The molecular formula is C13H19ClN4O4. The van der Waals surface area contributed by atoms with Crippen LogP contribution >= 0.6 is 11.6 Å². The van der Waals surface area contributed by atoms with Gasteiger partial charge in [0.25, 0.3) is 0 Å². The number of aromatic nitrogens is 2. The van der Waals surface area contributed by atoms with E-state index in [0.29, 0.717) is 19.4 Å². The molecule has 0 radical (unpaired) electrons. The Morgan fingerprint density at radius 3 is 2.64 bits per heavy atom. The third-order valence-electron chi connectivity index (χ3n) is 4.08. The van der Waals surface area contributed by atoms with E-state index in [1.807, 2.05) is 20.8 Å². The average Bonchev–Trinajstić information content (AvgIpc) is 2.79. The van der Waals surface area contributed by atoms with Crippen LogP contribution in [0, 0.1) is 15.5 Å². The predicted octanol–water partition coefficient (Wildman–Crippen LogP) is 3.17. The molecule has 1 aromatic rings. The first-order valence-electron chi connectivity index (χ1n) is 7.00. The van der Waals surface area contributed by atoms with Crippen LogP contribution < -0.4 is 0 Å². The van der Waals surface area contributed by atoms with Gasteiger partial charge in [0.1, 0.15) is 6.20 Å². The van der Waals surface area contributed by atoms with Gasteiger partial charge in [-0.15, -0.1) is 0 Å². The lowest BCUT2D eigenvalue weighted by atomic mass is 9.79. The molecule has 1 fully saturated rings. The number of carbonyl (C=O) groups is 1. The summed E-state index contributed by atoms with van der Waals surface area (Å²) in [4.78, 5) is 23.1. The van der Waals surface area contributed by atoms with Crippen LogP contribution in [0.25, 0.3) is 0 Å². The molecule has 122 valence electrons. The van der Waals surface area contributed by atoms with Crippen molar-refractivity contribution in [2.24, 2.45) is 5.41 Å². The van der Waals surface area contributed by atoms with Crippen molar-refractivity contribution in [2.45, 2.75) is 45.7 Å². The van der Waals surface area contributed by atoms with E-state index in [4.69, 9.17) is 11.6 Å². The number of amides is 1. The van der Waals surface area contributed by atoms with E-state index >= 15 is 0 Å². The van der Waals surface area contributed by atoms with E-state index < -0.39 is 11.0 Å². The number of hydrogen-bond acceptors (Lipinski definition) is 4. The highest BCUT2D eigenvalue weighted by molar-refractivity contribution is 6.31. The summed E-state index contributed by atoms with van der Waals surface area (Å²) < 4.78 is 1.44. The predicted molar refractivity (Wildman–Crippen MR) is 80.1 cm³/mol. The Labute approximate surface area is 132 Å². The van der Waals surface area contributed by atoms with Crippen LogP contribution in [0.1, 0.15) is 39.7 Å². The second-order valence-electron chi connectivity index (χ2n) is 6.56. The van der Waals surface area contributed by atoms with Gasteiger partial charge in [0.2, 0.25) is 5.15 Å². The molecule has 9 heteroatoms. The second kappa shape index (κ2) is 5.75. The standard InChI is InChI=1S/C13H19ClN4O4/c1-13(2,3)10-6-8(4-5-16(10)12(19)20)17-11(14)9(7-15-17)18(21)22/h7-8,10H,4-6H2,1-3H3,(H,19,20). The van der Waals surface area contributed by atoms with E-state index in [9.17, 15) is 20.0 Å². The van der Waals surface area contributed by atoms with Gasteiger partial charge >= 0.3 is 11.8 Å². The monoisotopic (exact) mass is 330 g/mol. The van der Waals surface area contributed by atoms with E-state index in [1.165, 1.54) is 9.58 Å². The van der Waals surface area contributed by atoms with Gasteiger partial charge in [-0.25, -0.2) is 9.48 Å². The molecule has 1 aliphatic rings. The second-order valence-corrected chi connectivity index (χ2v) is 6.92. The molecule has 0 spiro atoms. The van der Waals surface area contributed by atoms with Crippen molar-refractivity contribution in [3.8, 4) is 0 Å². The van der Waals surface area contributed by atoms with Crippen LogP contribution in [-0.4, -0.2) is 43.4 Å². The maximum atomic E-state index is 11.4. The number of rotatable bonds is 2. The maximum absolute atomic E-state index is 11.4. The van der Waals surface area contributed by atoms with Crippen molar-refractivity contribution < 1.29 is 14.8 Å². The summed E-state index contributed by atoms with van der Waals surface area (Å²) >= 11 is 6.04. The Hall–Kier alpha value is -1.83. The van der Waals surface area contributed by atoms with Crippen LogP contribution in [0.5, 0.6) is 0 Å². The number of halogens is 1. The summed E-state index contributed by atoms with van der Waals surface area (Å²) in [7, 11) is 0. The minimum Gasteiger partial charge on any atom is -0.465 e. The zero-order chi connectivity index (χ0) is 16.7. The molecule has 1 aliphatic heterocycles. The van der Waals surface area contributed by atoms with Gasteiger partial charge in [-0.2, -0.15) is 5.10 Å². The van der Waals surface area contributed by atoms with Crippen molar-refractivity contribution in [3.05, 3.63) is 21.5 Å².